The zero-order chi connectivity index (χ0) is 19.1. The van der Waals surface area contributed by atoms with E-state index in [-0.39, 0.29) is 22.8 Å². The summed E-state index contributed by atoms with van der Waals surface area (Å²) in [5, 5.41) is 4.29. The average Bonchev–Trinajstić information content (AvgIpc) is 3.37. The SMILES string of the molecule is O=C1NCCCC[C@H]1Sc1nc2sc3c(c2c(=O)n1C[C@H]1CCCO1)CCC3. The third kappa shape index (κ3) is 3.39. The van der Waals surface area contributed by atoms with Crippen molar-refractivity contribution in [1.82, 2.24) is 14.9 Å². The highest BCUT2D eigenvalue weighted by Gasteiger charge is 2.29. The Kier molecular flexibility index (Phi) is 5.19. The van der Waals surface area contributed by atoms with E-state index >= 15 is 0 Å². The minimum Gasteiger partial charge on any atom is -0.376 e. The maximum atomic E-state index is 13.5. The molecule has 1 amide bonds. The summed E-state index contributed by atoms with van der Waals surface area (Å²) in [6.07, 6.45) is 8.07. The fourth-order valence-corrected chi connectivity index (χ4v) is 6.92. The molecule has 0 spiro atoms. The Morgan fingerprint density at radius 2 is 2.11 bits per heavy atom. The van der Waals surface area contributed by atoms with Crippen LogP contribution in [0.4, 0.5) is 0 Å². The largest absolute Gasteiger partial charge is 0.376 e. The molecule has 5 rings (SSSR count). The Morgan fingerprint density at radius 1 is 1.18 bits per heavy atom. The van der Waals surface area contributed by atoms with Gasteiger partial charge in [-0.2, -0.15) is 0 Å². The van der Waals surface area contributed by atoms with Crippen LogP contribution in [0.15, 0.2) is 9.95 Å². The molecule has 0 bridgehead atoms. The number of nitrogens with zero attached hydrogens (tertiary/aromatic N) is 2. The van der Waals surface area contributed by atoms with Crippen LogP contribution in [0.2, 0.25) is 0 Å². The molecule has 4 heterocycles. The van der Waals surface area contributed by atoms with E-state index in [1.54, 1.807) is 15.9 Å². The summed E-state index contributed by atoms with van der Waals surface area (Å²) in [7, 11) is 0. The molecule has 8 heteroatoms. The number of hydrogen-bond donors (Lipinski definition) is 1. The number of aromatic nitrogens is 2. The highest BCUT2D eigenvalue weighted by molar-refractivity contribution is 8.00. The van der Waals surface area contributed by atoms with Gasteiger partial charge in [0.25, 0.3) is 5.56 Å². The molecule has 0 aromatic carbocycles. The second-order valence-corrected chi connectivity index (χ2v) is 10.1. The predicted octanol–water partition coefficient (Wildman–Crippen LogP) is 2.89. The van der Waals surface area contributed by atoms with Crippen LogP contribution in [0, 0.1) is 0 Å². The predicted molar refractivity (Wildman–Crippen MR) is 111 cm³/mol. The van der Waals surface area contributed by atoms with Gasteiger partial charge in [0, 0.05) is 18.0 Å². The Labute approximate surface area is 172 Å². The van der Waals surface area contributed by atoms with Crippen LogP contribution in [0.3, 0.4) is 0 Å². The smallest absolute Gasteiger partial charge is 0.263 e. The van der Waals surface area contributed by atoms with Gasteiger partial charge in [-0.15, -0.1) is 11.3 Å². The van der Waals surface area contributed by atoms with Crippen LogP contribution >= 0.6 is 23.1 Å². The van der Waals surface area contributed by atoms with Crippen molar-refractivity contribution in [3.05, 3.63) is 20.8 Å². The van der Waals surface area contributed by atoms with E-state index < -0.39 is 0 Å². The van der Waals surface area contributed by atoms with E-state index in [0.29, 0.717) is 11.7 Å². The van der Waals surface area contributed by atoms with Gasteiger partial charge < -0.3 is 10.1 Å². The molecule has 1 aliphatic carbocycles. The lowest BCUT2D eigenvalue weighted by Crippen LogP contribution is -2.33. The van der Waals surface area contributed by atoms with Crippen molar-refractivity contribution in [2.24, 2.45) is 0 Å². The molecule has 2 saturated heterocycles. The number of nitrogens with one attached hydrogen (secondary N) is 1. The lowest BCUT2D eigenvalue weighted by molar-refractivity contribution is -0.120. The summed E-state index contributed by atoms with van der Waals surface area (Å²) in [5.41, 5.74) is 1.26. The van der Waals surface area contributed by atoms with Gasteiger partial charge in [0.15, 0.2) is 5.16 Å². The molecule has 150 valence electrons. The van der Waals surface area contributed by atoms with E-state index in [1.165, 1.54) is 22.2 Å². The Morgan fingerprint density at radius 3 is 2.96 bits per heavy atom. The van der Waals surface area contributed by atoms with Gasteiger partial charge in [0.1, 0.15) is 4.83 Å². The lowest BCUT2D eigenvalue weighted by Gasteiger charge is -2.18. The molecule has 2 fully saturated rings. The number of fused-ring (bicyclic) bond motifs is 3. The van der Waals surface area contributed by atoms with Gasteiger partial charge in [-0.3, -0.25) is 14.2 Å². The molecule has 2 aromatic heterocycles. The normalized spacial score (nSPS) is 25.1. The number of thioether (sulfide) groups is 1. The van der Waals surface area contributed by atoms with Crippen LogP contribution in [0.1, 0.15) is 49.0 Å². The maximum Gasteiger partial charge on any atom is 0.263 e. The zero-order valence-corrected chi connectivity index (χ0v) is 17.5. The fraction of sp³-hybridized carbons (Fsp3) is 0.650. The standard InChI is InChI=1S/C20H25N3O3S2/c24-17-15(7-1-2-9-21-17)28-20-22-18-16(13-6-3-8-14(13)27-18)19(25)23(20)11-12-5-4-10-26-12/h12,15H,1-11H2,(H,21,24)/t12-,15-/m1/s1. The van der Waals surface area contributed by atoms with Gasteiger partial charge in [0.2, 0.25) is 5.91 Å². The van der Waals surface area contributed by atoms with Gasteiger partial charge in [-0.05, 0) is 50.5 Å². The topological polar surface area (TPSA) is 73.2 Å². The van der Waals surface area contributed by atoms with Gasteiger partial charge in [0.05, 0.1) is 23.3 Å². The van der Waals surface area contributed by atoms with Crippen molar-refractivity contribution in [1.29, 1.82) is 0 Å². The average molecular weight is 420 g/mol. The zero-order valence-electron chi connectivity index (χ0n) is 15.9. The Balaban J connectivity index is 1.57. The maximum absolute atomic E-state index is 13.5. The second-order valence-electron chi connectivity index (χ2n) is 7.88. The molecule has 0 saturated carbocycles. The quantitative estimate of drug-likeness (QED) is 0.772. The molecule has 2 atom stereocenters. The molecule has 2 aromatic rings. The fourth-order valence-electron chi connectivity index (χ4n) is 4.45. The molecule has 6 nitrogen and oxygen atoms in total. The van der Waals surface area contributed by atoms with E-state index in [1.807, 2.05) is 0 Å². The third-order valence-electron chi connectivity index (χ3n) is 5.93. The van der Waals surface area contributed by atoms with Crippen LogP contribution in [0.5, 0.6) is 0 Å². The molecule has 3 aliphatic rings. The van der Waals surface area contributed by atoms with Gasteiger partial charge in [-0.1, -0.05) is 18.2 Å². The highest BCUT2D eigenvalue weighted by atomic mass is 32.2. The van der Waals surface area contributed by atoms with Crippen molar-refractivity contribution < 1.29 is 9.53 Å². The van der Waals surface area contributed by atoms with Crippen molar-refractivity contribution in [3.63, 3.8) is 0 Å². The van der Waals surface area contributed by atoms with E-state index in [9.17, 15) is 9.59 Å². The number of ether oxygens (including phenoxy) is 1. The minimum absolute atomic E-state index is 0.0523. The van der Waals surface area contributed by atoms with E-state index in [0.717, 1.165) is 74.7 Å². The lowest BCUT2D eigenvalue weighted by atomic mass is 10.2. The summed E-state index contributed by atoms with van der Waals surface area (Å²) < 4.78 is 7.61. The van der Waals surface area contributed by atoms with Crippen LogP contribution < -0.4 is 10.9 Å². The number of thiophene rings is 1. The molecule has 2 aliphatic heterocycles. The summed E-state index contributed by atoms with van der Waals surface area (Å²) in [6.45, 7) is 2.03. The second kappa shape index (κ2) is 7.80. The summed E-state index contributed by atoms with van der Waals surface area (Å²) in [4.78, 5) is 33.0. The van der Waals surface area contributed by atoms with Crippen LogP contribution in [-0.4, -0.2) is 40.0 Å². The molecule has 0 radical (unpaired) electrons. The monoisotopic (exact) mass is 419 g/mol. The summed E-state index contributed by atoms with van der Waals surface area (Å²) >= 11 is 3.12. The molecular weight excluding hydrogens is 394 g/mol. The molecule has 28 heavy (non-hydrogen) atoms. The summed E-state index contributed by atoms with van der Waals surface area (Å²) in [5.74, 6) is 0.0641. The Bertz CT molecular complexity index is 962. The first kappa shape index (κ1) is 18.6. The number of aryl methyl sites for hydroxylation is 2. The van der Waals surface area contributed by atoms with Crippen molar-refractivity contribution in [2.75, 3.05) is 13.2 Å². The first-order valence-electron chi connectivity index (χ1n) is 10.3. The van der Waals surface area contributed by atoms with Crippen LogP contribution in [0.25, 0.3) is 10.2 Å². The third-order valence-corrected chi connectivity index (χ3v) is 8.37. The van der Waals surface area contributed by atoms with Crippen LogP contribution in [-0.2, 0) is 28.9 Å². The Hall–Kier alpha value is -1.38. The molecular formula is C20H25N3O3S2. The first-order valence-corrected chi connectivity index (χ1v) is 12.0. The molecule has 1 N–H and O–H groups in total. The number of carbonyl (C=O) groups excluding carboxylic acids is 1. The number of hydrogen-bond acceptors (Lipinski definition) is 6. The number of carbonyl (C=O) groups is 1. The van der Waals surface area contributed by atoms with Gasteiger partial charge in [-0.25, -0.2) is 4.98 Å². The molecule has 0 unspecified atom stereocenters. The van der Waals surface area contributed by atoms with Crippen molar-refractivity contribution in [3.8, 4) is 0 Å². The van der Waals surface area contributed by atoms with Crippen molar-refractivity contribution >= 4 is 39.2 Å². The summed E-state index contributed by atoms with van der Waals surface area (Å²) in [6, 6.07) is 0. The van der Waals surface area contributed by atoms with Crippen molar-refractivity contribution in [2.45, 2.75) is 74.4 Å². The number of amides is 1. The van der Waals surface area contributed by atoms with Gasteiger partial charge >= 0.3 is 0 Å². The first-order chi connectivity index (χ1) is 13.7. The van der Waals surface area contributed by atoms with E-state index in [2.05, 4.69) is 5.32 Å². The number of rotatable bonds is 4. The van der Waals surface area contributed by atoms with E-state index in [4.69, 9.17) is 9.72 Å². The highest BCUT2D eigenvalue weighted by Crippen LogP contribution is 2.36. The minimum atomic E-state index is -0.186.